The Kier molecular flexibility index (Phi) is 4.94. The lowest BCUT2D eigenvalue weighted by Crippen LogP contribution is -2.17. The summed E-state index contributed by atoms with van der Waals surface area (Å²) >= 11 is 17.6. The number of sulfone groups is 1. The number of ketones is 1. The van der Waals surface area contributed by atoms with Gasteiger partial charge in [-0.05, 0) is 24.3 Å². The second kappa shape index (κ2) is 6.36. The lowest BCUT2D eigenvalue weighted by atomic mass is 10.1. The van der Waals surface area contributed by atoms with Gasteiger partial charge in [0.25, 0.3) is 0 Å². The molecule has 21 heavy (non-hydrogen) atoms. The van der Waals surface area contributed by atoms with Crippen LogP contribution < -0.4 is 0 Å². The molecule has 2 aromatic carbocycles. The molecule has 2 aromatic rings. The van der Waals surface area contributed by atoms with Gasteiger partial charge in [-0.2, -0.15) is 0 Å². The predicted molar refractivity (Wildman–Crippen MR) is 84.3 cm³/mol. The van der Waals surface area contributed by atoms with Gasteiger partial charge in [-0.3, -0.25) is 4.79 Å². The Bertz CT molecular complexity index is 781. The average molecular weight is 364 g/mol. The van der Waals surface area contributed by atoms with Gasteiger partial charge in [0.05, 0.1) is 15.1 Å². The van der Waals surface area contributed by atoms with Crippen molar-refractivity contribution in [1.29, 1.82) is 0 Å². The van der Waals surface area contributed by atoms with Crippen LogP contribution in [0.2, 0.25) is 15.1 Å². The third-order valence-electron chi connectivity index (χ3n) is 2.73. The third-order valence-corrected chi connectivity index (χ3v) is 5.61. The molecule has 0 spiro atoms. The van der Waals surface area contributed by atoms with Gasteiger partial charge in [0, 0.05) is 5.56 Å². The molecule has 0 heterocycles. The quantitative estimate of drug-likeness (QED) is 0.761. The third kappa shape index (κ3) is 3.58. The maximum absolute atomic E-state index is 12.3. The summed E-state index contributed by atoms with van der Waals surface area (Å²) in [6, 6.07) is 10.6. The van der Waals surface area contributed by atoms with E-state index in [1.165, 1.54) is 30.3 Å². The van der Waals surface area contributed by atoms with Gasteiger partial charge < -0.3 is 0 Å². The summed E-state index contributed by atoms with van der Waals surface area (Å²) in [5.74, 6) is -1.36. The van der Waals surface area contributed by atoms with Crippen molar-refractivity contribution in [3.63, 3.8) is 0 Å². The van der Waals surface area contributed by atoms with E-state index in [-0.39, 0.29) is 25.5 Å². The number of hydrogen-bond donors (Lipinski definition) is 0. The van der Waals surface area contributed by atoms with Gasteiger partial charge in [0.2, 0.25) is 0 Å². The van der Waals surface area contributed by atoms with Gasteiger partial charge in [-0.15, -0.1) is 0 Å². The molecule has 110 valence electrons. The molecule has 0 aromatic heterocycles. The van der Waals surface area contributed by atoms with Crippen LogP contribution in [0.3, 0.4) is 0 Å². The summed E-state index contributed by atoms with van der Waals surface area (Å²) in [6.07, 6.45) is 0. The Labute approximate surface area is 137 Å². The number of rotatable bonds is 4. The zero-order chi connectivity index (χ0) is 15.6. The van der Waals surface area contributed by atoms with Crippen molar-refractivity contribution in [2.24, 2.45) is 0 Å². The smallest absolute Gasteiger partial charge is 0.188 e. The minimum atomic E-state index is -3.96. The first-order chi connectivity index (χ1) is 9.83. The van der Waals surface area contributed by atoms with Crippen molar-refractivity contribution in [3.05, 3.63) is 63.1 Å². The van der Waals surface area contributed by atoms with E-state index in [2.05, 4.69) is 0 Å². The van der Waals surface area contributed by atoms with Crippen LogP contribution in [-0.4, -0.2) is 20.0 Å². The van der Waals surface area contributed by atoms with Gasteiger partial charge in [0.15, 0.2) is 15.6 Å². The predicted octanol–water partition coefficient (Wildman–Crippen LogP) is 4.30. The van der Waals surface area contributed by atoms with Gasteiger partial charge in [0.1, 0.15) is 10.6 Å². The molecule has 0 radical (unpaired) electrons. The topological polar surface area (TPSA) is 51.2 Å². The molecule has 0 aliphatic heterocycles. The van der Waals surface area contributed by atoms with E-state index in [9.17, 15) is 13.2 Å². The molecule has 0 aliphatic rings. The number of benzene rings is 2. The number of Topliss-reactive ketones (excluding diaryl/α,β-unsaturated/α-hetero) is 1. The van der Waals surface area contributed by atoms with E-state index in [4.69, 9.17) is 34.8 Å². The molecule has 0 fully saturated rings. The van der Waals surface area contributed by atoms with E-state index in [1.807, 2.05) is 0 Å². The second-order valence-corrected chi connectivity index (χ2v) is 7.36. The van der Waals surface area contributed by atoms with Gasteiger partial charge in [-0.25, -0.2) is 8.42 Å². The molecule has 2 rings (SSSR count). The highest BCUT2D eigenvalue weighted by atomic mass is 35.5. The van der Waals surface area contributed by atoms with E-state index >= 15 is 0 Å². The van der Waals surface area contributed by atoms with Crippen LogP contribution in [0.5, 0.6) is 0 Å². The highest BCUT2D eigenvalue weighted by Crippen LogP contribution is 2.30. The lowest BCUT2D eigenvalue weighted by molar-refractivity contribution is 0.102. The van der Waals surface area contributed by atoms with Crippen LogP contribution in [0.4, 0.5) is 0 Å². The maximum atomic E-state index is 12.3. The molecule has 0 bridgehead atoms. The minimum Gasteiger partial charge on any atom is -0.293 e. The molecule has 0 atom stereocenters. The van der Waals surface area contributed by atoms with Crippen molar-refractivity contribution in [2.75, 3.05) is 5.75 Å². The Balaban J connectivity index is 2.39. The van der Waals surface area contributed by atoms with Crippen molar-refractivity contribution in [3.8, 4) is 0 Å². The molecular formula is C14H9Cl3O3S. The summed E-state index contributed by atoms with van der Waals surface area (Å²) in [7, 11) is -3.96. The summed E-state index contributed by atoms with van der Waals surface area (Å²) in [5, 5.41) is 0.159. The summed E-state index contributed by atoms with van der Waals surface area (Å²) in [4.78, 5) is 11.9. The van der Waals surface area contributed by atoms with E-state index in [0.29, 0.717) is 0 Å². The summed E-state index contributed by atoms with van der Waals surface area (Å²) < 4.78 is 24.7. The molecule has 0 unspecified atom stereocenters. The first-order valence-corrected chi connectivity index (χ1v) is 8.56. The molecule has 0 saturated carbocycles. The molecule has 0 N–H and O–H groups in total. The minimum absolute atomic E-state index is 0.0190. The maximum Gasteiger partial charge on any atom is 0.188 e. The number of halogens is 3. The van der Waals surface area contributed by atoms with Crippen LogP contribution in [0.15, 0.2) is 47.4 Å². The first-order valence-electron chi connectivity index (χ1n) is 5.77. The van der Waals surface area contributed by atoms with Crippen LogP contribution >= 0.6 is 34.8 Å². The second-order valence-electron chi connectivity index (χ2n) is 4.21. The molecular weight excluding hydrogens is 355 g/mol. The molecule has 0 saturated heterocycles. The molecule has 7 heteroatoms. The molecule has 3 nitrogen and oxygen atoms in total. The fraction of sp³-hybridized carbons (Fsp3) is 0.0714. The zero-order valence-corrected chi connectivity index (χ0v) is 13.6. The lowest BCUT2D eigenvalue weighted by Gasteiger charge is -2.08. The molecule has 0 aliphatic carbocycles. The Morgan fingerprint density at radius 3 is 1.95 bits per heavy atom. The Morgan fingerprint density at radius 1 is 0.857 bits per heavy atom. The first kappa shape index (κ1) is 16.3. The van der Waals surface area contributed by atoms with Gasteiger partial charge >= 0.3 is 0 Å². The van der Waals surface area contributed by atoms with E-state index in [1.54, 1.807) is 12.1 Å². The van der Waals surface area contributed by atoms with Crippen LogP contribution in [0.1, 0.15) is 10.4 Å². The average Bonchev–Trinajstić information content (AvgIpc) is 2.37. The Morgan fingerprint density at radius 2 is 1.38 bits per heavy atom. The van der Waals surface area contributed by atoms with Crippen molar-refractivity contribution in [1.82, 2.24) is 0 Å². The van der Waals surface area contributed by atoms with Crippen LogP contribution in [-0.2, 0) is 9.84 Å². The highest BCUT2D eigenvalue weighted by Gasteiger charge is 2.26. The Hall–Kier alpha value is -1.07. The normalized spacial score (nSPS) is 11.4. The monoisotopic (exact) mass is 362 g/mol. The summed E-state index contributed by atoms with van der Waals surface area (Å²) in [5.41, 5.74) is 0.144. The fourth-order valence-corrected chi connectivity index (χ4v) is 4.51. The van der Waals surface area contributed by atoms with Crippen LogP contribution in [0.25, 0.3) is 0 Å². The standard InChI is InChI=1S/C14H9Cl3O3S/c15-10-5-2-1-4-9(10)13(18)8-21(19,20)14-11(16)6-3-7-12(14)17/h1-7H,8H2. The van der Waals surface area contributed by atoms with E-state index < -0.39 is 21.4 Å². The molecule has 0 amide bonds. The van der Waals surface area contributed by atoms with Crippen molar-refractivity contribution >= 4 is 50.4 Å². The van der Waals surface area contributed by atoms with Crippen molar-refractivity contribution in [2.45, 2.75) is 4.90 Å². The van der Waals surface area contributed by atoms with Crippen molar-refractivity contribution < 1.29 is 13.2 Å². The van der Waals surface area contributed by atoms with Crippen LogP contribution in [0, 0.1) is 0 Å². The highest BCUT2D eigenvalue weighted by molar-refractivity contribution is 7.92. The number of hydrogen-bond acceptors (Lipinski definition) is 3. The number of carbonyl (C=O) groups is 1. The fourth-order valence-electron chi connectivity index (χ4n) is 1.79. The number of carbonyl (C=O) groups excluding carboxylic acids is 1. The van der Waals surface area contributed by atoms with Gasteiger partial charge in [-0.1, -0.05) is 53.0 Å². The SMILES string of the molecule is O=C(CS(=O)(=O)c1c(Cl)cccc1Cl)c1ccccc1Cl. The summed E-state index contributed by atoms with van der Waals surface area (Å²) in [6.45, 7) is 0. The largest absolute Gasteiger partial charge is 0.293 e. The zero-order valence-electron chi connectivity index (χ0n) is 10.5. The van der Waals surface area contributed by atoms with E-state index in [0.717, 1.165) is 0 Å².